The van der Waals surface area contributed by atoms with Crippen molar-refractivity contribution in [2.24, 2.45) is 5.73 Å². The fourth-order valence-corrected chi connectivity index (χ4v) is 3.00. The number of methoxy groups -OCH3 is 1. The van der Waals surface area contributed by atoms with Crippen LogP contribution in [0.5, 0.6) is 11.5 Å². The number of hydrogen-bond donors (Lipinski definition) is 1. The Morgan fingerprint density at radius 2 is 2.00 bits per heavy atom. The lowest BCUT2D eigenvalue weighted by Gasteiger charge is -2.31. The summed E-state index contributed by atoms with van der Waals surface area (Å²) in [4.78, 5) is 0. The van der Waals surface area contributed by atoms with Crippen LogP contribution in [0.25, 0.3) is 0 Å². The minimum Gasteiger partial charge on any atom is -0.497 e. The van der Waals surface area contributed by atoms with Crippen molar-refractivity contribution < 1.29 is 9.47 Å². The summed E-state index contributed by atoms with van der Waals surface area (Å²) in [5, 5.41) is 1.03. The summed E-state index contributed by atoms with van der Waals surface area (Å²) in [5.74, 6) is 1.47. The number of hydrogen-bond acceptors (Lipinski definition) is 3. The van der Waals surface area contributed by atoms with E-state index in [9.17, 15) is 0 Å². The number of halogens is 2. The second-order valence-electron chi connectivity index (χ2n) is 5.00. The van der Waals surface area contributed by atoms with Crippen molar-refractivity contribution in [2.75, 3.05) is 7.11 Å². The lowest BCUT2D eigenvalue weighted by Crippen LogP contribution is -2.24. The van der Waals surface area contributed by atoms with Crippen LogP contribution in [0.1, 0.15) is 29.7 Å². The Balaban J connectivity index is 1.99. The van der Waals surface area contributed by atoms with Gasteiger partial charge in [-0.15, -0.1) is 0 Å². The molecule has 1 aliphatic heterocycles. The second kappa shape index (κ2) is 5.76. The summed E-state index contributed by atoms with van der Waals surface area (Å²) < 4.78 is 11.3. The zero-order valence-electron chi connectivity index (χ0n) is 11.5. The first-order valence-electron chi connectivity index (χ1n) is 6.64. The molecule has 0 saturated carbocycles. The van der Waals surface area contributed by atoms with E-state index in [1.54, 1.807) is 13.2 Å². The molecule has 21 heavy (non-hydrogen) atoms. The molecule has 1 aliphatic rings. The van der Waals surface area contributed by atoms with Gasteiger partial charge in [-0.1, -0.05) is 41.4 Å². The highest BCUT2D eigenvalue weighted by Gasteiger charge is 2.29. The molecule has 0 saturated heterocycles. The van der Waals surface area contributed by atoms with Crippen LogP contribution in [0.15, 0.2) is 36.4 Å². The number of fused-ring (bicyclic) bond motifs is 1. The van der Waals surface area contributed by atoms with Crippen molar-refractivity contribution in [2.45, 2.75) is 18.6 Å². The van der Waals surface area contributed by atoms with Crippen molar-refractivity contribution >= 4 is 23.2 Å². The standard InChI is InChI=1S/C16H15Cl2NO2/c1-20-9-5-6-10-13(19)8-15(21-14(10)7-9)11-3-2-4-12(17)16(11)18/h2-7,13,15H,8,19H2,1H3/t13-,15?/m1/s1. The molecule has 2 aromatic rings. The van der Waals surface area contributed by atoms with E-state index in [0.29, 0.717) is 16.5 Å². The Kier molecular flexibility index (Phi) is 3.98. The van der Waals surface area contributed by atoms with E-state index in [0.717, 1.165) is 22.6 Å². The fraction of sp³-hybridized carbons (Fsp3) is 0.250. The number of rotatable bonds is 2. The van der Waals surface area contributed by atoms with Gasteiger partial charge < -0.3 is 15.2 Å². The molecule has 0 fully saturated rings. The van der Waals surface area contributed by atoms with Crippen LogP contribution >= 0.6 is 23.2 Å². The molecule has 1 heterocycles. The molecular weight excluding hydrogens is 309 g/mol. The average molecular weight is 324 g/mol. The van der Waals surface area contributed by atoms with Gasteiger partial charge in [-0.3, -0.25) is 0 Å². The molecule has 1 unspecified atom stereocenters. The molecule has 0 bridgehead atoms. The SMILES string of the molecule is COc1ccc2c(c1)OC(c1cccc(Cl)c1Cl)C[C@H]2N. The highest BCUT2D eigenvalue weighted by atomic mass is 35.5. The third-order valence-electron chi connectivity index (χ3n) is 3.69. The number of benzene rings is 2. The maximum Gasteiger partial charge on any atom is 0.128 e. The topological polar surface area (TPSA) is 44.5 Å². The third-order valence-corrected chi connectivity index (χ3v) is 4.52. The van der Waals surface area contributed by atoms with Crippen molar-refractivity contribution in [3.8, 4) is 11.5 Å². The Hall–Kier alpha value is -1.42. The van der Waals surface area contributed by atoms with Gasteiger partial charge in [0.15, 0.2) is 0 Å². The number of nitrogens with two attached hydrogens (primary N) is 1. The molecule has 2 N–H and O–H groups in total. The van der Waals surface area contributed by atoms with Gasteiger partial charge in [0, 0.05) is 29.7 Å². The average Bonchev–Trinajstić information content (AvgIpc) is 2.49. The largest absolute Gasteiger partial charge is 0.497 e. The van der Waals surface area contributed by atoms with Gasteiger partial charge in [0.25, 0.3) is 0 Å². The molecule has 0 aliphatic carbocycles. The normalized spacial score (nSPS) is 20.6. The fourth-order valence-electron chi connectivity index (χ4n) is 2.57. The van der Waals surface area contributed by atoms with Gasteiger partial charge in [0.1, 0.15) is 17.6 Å². The van der Waals surface area contributed by atoms with Crippen molar-refractivity contribution in [3.63, 3.8) is 0 Å². The second-order valence-corrected chi connectivity index (χ2v) is 5.78. The van der Waals surface area contributed by atoms with Crippen LogP contribution in [0.2, 0.25) is 10.0 Å². The highest BCUT2D eigenvalue weighted by Crippen LogP contribution is 2.43. The summed E-state index contributed by atoms with van der Waals surface area (Å²) in [7, 11) is 1.62. The van der Waals surface area contributed by atoms with Gasteiger partial charge in [-0.05, 0) is 12.1 Å². The van der Waals surface area contributed by atoms with E-state index >= 15 is 0 Å². The van der Waals surface area contributed by atoms with Crippen LogP contribution in [-0.4, -0.2) is 7.11 Å². The molecule has 2 aromatic carbocycles. The molecular formula is C16H15Cl2NO2. The summed E-state index contributed by atoms with van der Waals surface area (Å²) in [5.41, 5.74) is 8.09. The van der Waals surface area contributed by atoms with E-state index < -0.39 is 0 Å². The van der Waals surface area contributed by atoms with E-state index in [4.69, 9.17) is 38.4 Å². The van der Waals surface area contributed by atoms with Crippen LogP contribution in [0.3, 0.4) is 0 Å². The maximum absolute atomic E-state index is 6.28. The predicted molar refractivity (Wildman–Crippen MR) is 84.4 cm³/mol. The zero-order valence-corrected chi connectivity index (χ0v) is 13.0. The summed E-state index contributed by atoms with van der Waals surface area (Å²) in [6.45, 7) is 0. The quantitative estimate of drug-likeness (QED) is 0.883. The minimum atomic E-state index is -0.217. The molecule has 2 atom stereocenters. The van der Waals surface area contributed by atoms with E-state index in [1.165, 1.54) is 0 Å². The van der Waals surface area contributed by atoms with Gasteiger partial charge in [0.2, 0.25) is 0 Å². The molecule has 110 valence electrons. The van der Waals surface area contributed by atoms with E-state index in [1.807, 2.05) is 30.3 Å². The van der Waals surface area contributed by atoms with Crippen molar-refractivity contribution in [1.82, 2.24) is 0 Å². The number of ether oxygens (including phenoxy) is 2. The van der Waals surface area contributed by atoms with Gasteiger partial charge in [0.05, 0.1) is 17.2 Å². The lowest BCUT2D eigenvalue weighted by atomic mass is 9.93. The van der Waals surface area contributed by atoms with Crippen molar-refractivity contribution in [3.05, 3.63) is 57.6 Å². The smallest absolute Gasteiger partial charge is 0.128 e. The van der Waals surface area contributed by atoms with Crippen LogP contribution < -0.4 is 15.2 Å². The van der Waals surface area contributed by atoms with Crippen molar-refractivity contribution in [1.29, 1.82) is 0 Å². The van der Waals surface area contributed by atoms with Gasteiger partial charge in [-0.2, -0.15) is 0 Å². The monoisotopic (exact) mass is 323 g/mol. The maximum atomic E-state index is 6.28. The van der Waals surface area contributed by atoms with Crippen LogP contribution in [-0.2, 0) is 0 Å². The summed E-state index contributed by atoms with van der Waals surface area (Å²) in [6, 6.07) is 11.1. The van der Waals surface area contributed by atoms with E-state index in [-0.39, 0.29) is 12.1 Å². The summed E-state index contributed by atoms with van der Waals surface area (Å²) >= 11 is 12.4. The lowest BCUT2D eigenvalue weighted by molar-refractivity contribution is 0.161. The molecule has 0 amide bonds. The molecule has 0 spiro atoms. The van der Waals surface area contributed by atoms with Crippen LogP contribution in [0, 0.1) is 0 Å². The zero-order chi connectivity index (χ0) is 15.0. The Labute approximate surface area is 133 Å². The molecule has 5 heteroatoms. The van der Waals surface area contributed by atoms with Gasteiger partial charge in [-0.25, -0.2) is 0 Å². The molecule has 3 nitrogen and oxygen atoms in total. The minimum absolute atomic E-state index is 0.111. The third kappa shape index (κ3) is 2.69. The predicted octanol–water partition coefficient (Wildman–Crippen LogP) is 4.53. The first kappa shape index (κ1) is 14.5. The Morgan fingerprint density at radius 1 is 1.19 bits per heavy atom. The van der Waals surface area contributed by atoms with Gasteiger partial charge >= 0.3 is 0 Å². The highest BCUT2D eigenvalue weighted by molar-refractivity contribution is 6.42. The summed E-state index contributed by atoms with van der Waals surface area (Å²) in [6.07, 6.45) is 0.435. The molecule has 0 aromatic heterocycles. The first-order valence-corrected chi connectivity index (χ1v) is 7.40. The Morgan fingerprint density at radius 3 is 2.76 bits per heavy atom. The Bertz CT molecular complexity index is 675. The van der Waals surface area contributed by atoms with Crippen LogP contribution in [0.4, 0.5) is 0 Å². The molecule has 3 rings (SSSR count). The molecule has 0 radical (unpaired) electrons. The first-order chi connectivity index (χ1) is 10.1. The van der Waals surface area contributed by atoms with E-state index in [2.05, 4.69) is 0 Å².